The van der Waals surface area contributed by atoms with Gasteiger partial charge in [0.1, 0.15) is 5.82 Å². The molecule has 0 fully saturated rings. The van der Waals surface area contributed by atoms with Gasteiger partial charge in [0, 0.05) is 19.2 Å². The molecule has 1 aromatic heterocycles. The number of benzene rings is 1. The maximum absolute atomic E-state index is 9.07. The highest BCUT2D eigenvalue weighted by atomic mass is 16.5. The van der Waals surface area contributed by atoms with Crippen LogP contribution in [0.1, 0.15) is 12.0 Å². The number of nitrogen functional groups attached to an aromatic ring is 1. The van der Waals surface area contributed by atoms with E-state index < -0.39 is 0 Å². The molecule has 0 aliphatic rings. The predicted molar refractivity (Wildman–Crippen MR) is 75.7 cm³/mol. The number of methoxy groups -OCH3 is 1. The van der Waals surface area contributed by atoms with Crippen LogP contribution < -0.4 is 15.2 Å². The maximum Gasteiger partial charge on any atom is 0.161 e. The number of aryl methyl sites for hydroxylation is 1. The molecule has 6 nitrogen and oxygen atoms in total. The van der Waals surface area contributed by atoms with Gasteiger partial charge in [0.25, 0.3) is 0 Å². The van der Waals surface area contributed by atoms with Crippen LogP contribution in [-0.4, -0.2) is 28.6 Å². The standard InChI is InChI=1S/C14H19N3O3/c1-19-13-9-11(10-18)3-4-12(13)20-8-2-6-17-7-5-14(15)16-17/h3-5,7,9,18H,2,6,8,10H2,1H3,(H2,15,16). The molecule has 0 atom stereocenters. The molecule has 0 bridgehead atoms. The Balaban J connectivity index is 1.84. The molecule has 0 aliphatic heterocycles. The minimum absolute atomic E-state index is 0.0165. The predicted octanol–water partition coefficient (Wildman–Crippen LogP) is 1.44. The van der Waals surface area contributed by atoms with E-state index in [1.807, 2.05) is 12.3 Å². The normalized spacial score (nSPS) is 10.5. The highest BCUT2D eigenvalue weighted by Crippen LogP contribution is 2.28. The van der Waals surface area contributed by atoms with E-state index in [0.717, 1.165) is 18.5 Å². The average molecular weight is 277 g/mol. The lowest BCUT2D eigenvalue weighted by molar-refractivity contribution is 0.273. The van der Waals surface area contributed by atoms with Crippen LogP contribution in [0.2, 0.25) is 0 Å². The highest BCUT2D eigenvalue weighted by molar-refractivity contribution is 5.42. The van der Waals surface area contributed by atoms with Crippen molar-refractivity contribution in [2.45, 2.75) is 19.6 Å². The molecule has 108 valence electrons. The molecule has 0 aliphatic carbocycles. The van der Waals surface area contributed by atoms with E-state index in [1.54, 1.807) is 30.0 Å². The summed E-state index contributed by atoms with van der Waals surface area (Å²) in [5.41, 5.74) is 6.33. The van der Waals surface area contributed by atoms with Crippen molar-refractivity contribution < 1.29 is 14.6 Å². The second-order valence-electron chi connectivity index (χ2n) is 4.35. The fourth-order valence-electron chi connectivity index (χ4n) is 1.84. The summed E-state index contributed by atoms with van der Waals surface area (Å²) in [7, 11) is 1.58. The summed E-state index contributed by atoms with van der Waals surface area (Å²) in [6.45, 7) is 1.28. The summed E-state index contributed by atoms with van der Waals surface area (Å²) in [4.78, 5) is 0. The molecule has 0 saturated heterocycles. The minimum atomic E-state index is -0.0165. The fraction of sp³-hybridized carbons (Fsp3) is 0.357. The Bertz CT molecular complexity index is 554. The van der Waals surface area contributed by atoms with Crippen LogP contribution in [-0.2, 0) is 13.2 Å². The van der Waals surface area contributed by atoms with E-state index in [0.29, 0.717) is 23.9 Å². The van der Waals surface area contributed by atoms with Gasteiger partial charge in [0.15, 0.2) is 11.5 Å². The van der Waals surface area contributed by atoms with Gasteiger partial charge in [-0.1, -0.05) is 6.07 Å². The second-order valence-corrected chi connectivity index (χ2v) is 4.35. The Morgan fingerprint density at radius 1 is 1.30 bits per heavy atom. The number of nitrogens with zero attached hydrogens (tertiary/aromatic N) is 2. The number of hydrogen-bond donors (Lipinski definition) is 2. The molecule has 2 rings (SSSR count). The number of nitrogens with two attached hydrogens (primary N) is 1. The fourth-order valence-corrected chi connectivity index (χ4v) is 1.84. The second kappa shape index (κ2) is 6.81. The third-order valence-electron chi connectivity index (χ3n) is 2.86. The highest BCUT2D eigenvalue weighted by Gasteiger charge is 2.05. The van der Waals surface area contributed by atoms with Gasteiger partial charge in [-0.15, -0.1) is 0 Å². The molecule has 0 radical (unpaired) electrons. The van der Waals surface area contributed by atoms with Crippen LogP contribution in [0.15, 0.2) is 30.5 Å². The monoisotopic (exact) mass is 277 g/mol. The van der Waals surface area contributed by atoms with Gasteiger partial charge >= 0.3 is 0 Å². The first-order valence-electron chi connectivity index (χ1n) is 6.42. The summed E-state index contributed by atoms with van der Waals surface area (Å²) in [6.07, 6.45) is 2.65. The zero-order valence-corrected chi connectivity index (χ0v) is 11.5. The number of aliphatic hydroxyl groups is 1. The lowest BCUT2D eigenvalue weighted by Crippen LogP contribution is -2.06. The van der Waals surface area contributed by atoms with E-state index >= 15 is 0 Å². The summed E-state index contributed by atoms with van der Waals surface area (Å²) < 4.78 is 12.7. The summed E-state index contributed by atoms with van der Waals surface area (Å²) in [5, 5.41) is 13.2. The molecular weight excluding hydrogens is 258 g/mol. The molecule has 0 unspecified atom stereocenters. The van der Waals surface area contributed by atoms with E-state index in [9.17, 15) is 0 Å². The number of aromatic nitrogens is 2. The Morgan fingerprint density at radius 3 is 2.80 bits per heavy atom. The van der Waals surface area contributed by atoms with Crippen LogP contribution in [0.4, 0.5) is 5.82 Å². The molecule has 0 amide bonds. The van der Waals surface area contributed by atoms with E-state index in [1.165, 1.54) is 0 Å². The Morgan fingerprint density at radius 2 is 2.15 bits per heavy atom. The first-order valence-corrected chi connectivity index (χ1v) is 6.42. The van der Waals surface area contributed by atoms with E-state index in [2.05, 4.69) is 5.10 Å². The SMILES string of the molecule is COc1cc(CO)ccc1OCCCn1ccc(N)n1. The number of rotatable bonds is 7. The molecule has 6 heteroatoms. The van der Waals surface area contributed by atoms with Crippen molar-refractivity contribution >= 4 is 5.82 Å². The number of ether oxygens (including phenoxy) is 2. The van der Waals surface area contributed by atoms with Crippen molar-refractivity contribution in [1.82, 2.24) is 9.78 Å². The smallest absolute Gasteiger partial charge is 0.161 e. The molecule has 0 saturated carbocycles. The van der Waals surface area contributed by atoms with Gasteiger partial charge in [-0.25, -0.2) is 0 Å². The van der Waals surface area contributed by atoms with Crippen molar-refractivity contribution in [2.24, 2.45) is 0 Å². The number of aliphatic hydroxyl groups excluding tert-OH is 1. The van der Waals surface area contributed by atoms with Crippen molar-refractivity contribution in [3.63, 3.8) is 0 Å². The Kier molecular flexibility index (Phi) is 4.84. The molecule has 0 spiro atoms. The third-order valence-corrected chi connectivity index (χ3v) is 2.86. The molecule has 1 heterocycles. The van der Waals surface area contributed by atoms with Crippen LogP contribution >= 0.6 is 0 Å². The van der Waals surface area contributed by atoms with Crippen molar-refractivity contribution in [3.05, 3.63) is 36.0 Å². The Hall–Kier alpha value is -2.21. The molecule has 2 aromatic rings. The van der Waals surface area contributed by atoms with Crippen molar-refractivity contribution in [3.8, 4) is 11.5 Å². The van der Waals surface area contributed by atoms with Crippen molar-refractivity contribution in [1.29, 1.82) is 0 Å². The van der Waals surface area contributed by atoms with Gasteiger partial charge in [-0.2, -0.15) is 5.10 Å². The van der Waals surface area contributed by atoms with E-state index in [4.69, 9.17) is 20.3 Å². The molecule has 20 heavy (non-hydrogen) atoms. The largest absolute Gasteiger partial charge is 0.493 e. The first kappa shape index (κ1) is 14.2. The number of anilines is 1. The minimum Gasteiger partial charge on any atom is -0.493 e. The maximum atomic E-state index is 9.07. The van der Waals surface area contributed by atoms with Crippen LogP contribution in [0.3, 0.4) is 0 Å². The Labute approximate surface area is 117 Å². The lowest BCUT2D eigenvalue weighted by Gasteiger charge is -2.11. The molecule has 3 N–H and O–H groups in total. The van der Waals surface area contributed by atoms with Gasteiger partial charge in [-0.05, 0) is 23.8 Å². The van der Waals surface area contributed by atoms with Gasteiger partial charge < -0.3 is 20.3 Å². The zero-order valence-electron chi connectivity index (χ0n) is 11.5. The summed E-state index contributed by atoms with van der Waals surface area (Å²) in [5.74, 6) is 1.82. The lowest BCUT2D eigenvalue weighted by atomic mass is 10.2. The zero-order chi connectivity index (χ0) is 14.4. The number of hydrogen-bond acceptors (Lipinski definition) is 5. The van der Waals surface area contributed by atoms with Crippen LogP contribution in [0.25, 0.3) is 0 Å². The van der Waals surface area contributed by atoms with Crippen molar-refractivity contribution in [2.75, 3.05) is 19.5 Å². The quantitative estimate of drug-likeness (QED) is 0.748. The first-order chi connectivity index (χ1) is 9.72. The summed E-state index contributed by atoms with van der Waals surface area (Å²) >= 11 is 0. The van der Waals surface area contributed by atoms with Crippen LogP contribution in [0.5, 0.6) is 11.5 Å². The van der Waals surface area contributed by atoms with Gasteiger partial charge in [-0.3, -0.25) is 4.68 Å². The molecular formula is C14H19N3O3. The van der Waals surface area contributed by atoms with Gasteiger partial charge in [0.05, 0.1) is 20.3 Å². The average Bonchev–Trinajstić information content (AvgIpc) is 2.89. The van der Waals surface area contributed by atoms with Gasteiger partial charge in [0.2, 0.25) is 0 Å². The van der Waals surface area contributed by atoms with Crippen LogP contribution in [0, 0.1) is 0 Å². The third kappa shape index (κ3) is 3.64. The molecule has 1 aromatic carbocycles. The topological polar surface area (TPSA) is 82.5 Å². The van der Waals surface area contributed by atoms with E-state index in [-0.39, 0.29) is 6.61 Å². The summed E-state index contributed by atoms with van der Waals surface area (Å²) in [6, 6.07) is 7.14.